The molecule has 25 heavy (non-hydrogen) atoms. The minimum absolute atomic E-state index is 0.383. The Morgan fingerprint density at radius 1 is 1.16 bits per heavy atom. The third-order valence-corrected chi connectivity index (χ3v) is 5.06. The predicted octanol–water partition coefficient (Wildman–Crippen LogP) is 3.09. The maximum atomic E-state index is 5.43. The first-order valence-corrected chi connectivity index (χ1v) is 9.30. The van der Waals surface area contributed by atoms with Gasteiger partial charge in [-0.25, -0.2) is 0 Å². The van der Waals surface area contributed by atoms with Gasteiger partial charge in [-0.1, -0.05) is 30.7 Å². The molecule has 0 saturated heterocycles. The van der Waals surface area contributed by atoms with E-state index in [0.29, 0.717) is 12.0 Å². The van der Waals surface area contributed by atoms with E-state index in [2.05, 4.69) is 39.9 Å². The normalized spacial score (nSPS) is 16.4. The molecule has 2 rings (SSSR count). The summed E-state index contributed by atoms with van der Waals surface area (Å²) in [6, 6.07) is 8.52. The van der Waals surface area contributed by atoms with Crippen LogP contribution in [0.15, 0.2) is 29.3 Å². The van der Waals surface area contributed by atoms with Crippen LogP contribution in [0.1, 0.15) is 43.7 Å². The molecule has 0 heterocycles. The van der Waals surface area contributed by atoms with Crippen molar-refractivity contribution < 1.29 is 9.47 Å². The lowest BCUT2D eigenvalue weighted by atomic mass is 9.67. The van der Waals surface area contributed by atoms with E-state index in [1.54, 1.807) is 7.11 Å². The van der Waals surface area contributed by atoms with E-state index >= 15 is 0 Å². The summed E-state index contributed by atoms with van der Waals surface area (Å²) in [6.07, 6.45) is 5.00. The topological polar surface area (TPSA) is 54.9 Å². The van der Waals surface area contributed by atoms with Crippen LogP contribution in [-0.4, -0.2) is 39.9 Å². The standard InChI is InChI=1S/C20H33N3O2/c1-4-25-15-18-8-6-17(7-9-18)14-22-19(21-2)23-16-20(10-5-11-20)12-13-24-3/h6-9H,4-5,10-16H2,1-3H3,(H2,21,22,23). The Morgan fingerprint density at radius 2 is 1.88 bits per heavy atom. The highest BCUT2D eigenvalue weighted by Gasteiger charge is 2.36. The molecule has 140 valence electrons. The average Bonchev–Trinajstić information content (AvgIpc) is 2.62. The van der Waals surface area contributed by atoms with Gasteiger partial charge in [-0.3, -0.25) is 4.99 Å². The lowest BCUT2D eigenvalue weighted by molar-refractivity contribution is 0.0732. The van der Waals surface area contributed by atoms with E-state index in [9.17, 15) is 0 Å². The van der Waals surface area contributed by atoms with Gasteiger partial charge in [-0.05, 0) is 42.7 Å². The zero-order chi connectivity index (χ0) is 18.0. The van der Waals surface area contributed by atoms with Gasteiger partial charge < -0.3 is 20.1 Å². The molecule has 0 spiro atoms. The van der Waals surface area contributed by atoms with Gasteiger partial charge in [0.15, 0.2) is 5.96 Å². The molecule has 2 N–H and O–H groups in total. The molecule has 5 nitrogen and oxygen atoms in total. The van der Waals surface area contributed by atoms with Crippen LogP contribution in [0, 0.1) is 5.41 Å². The highest BCUT2D eigenvalue weighted by molar-refractivity contribution is 5.79. The largest absolute Gasteiger partial charge is 0.385 e. The van der Waals surface area contributed by atoms with Crippen molar-refractivity contribution in [3.63, 3.8) is 0 Å². The maximum Gasteiger partial charge on any atom is 0.191 e. The van der Waals surface area contributed by atoms with Crippen LogP contribution >= 0.6 is 0 Å². The van der Waals surface area contributed by atoms with Crippen molar-refractivity contribution in [2.45, 2.75) is 45.8 Å². The van der Waals surface area contributed by atoms with Gasteiger partial charge in [0.05, 0.1) is 6.61 Å². The molecule has 0 amide bonds. The van der Waals surface area contributed by atoms with Crippen molar-refractivity contribution >= 4 is 5.96 Å². The minimum atomic E-state index is 0.383. The Hall–Kier alpha value is -1.59. The van der Waals surface area contributed by atoms with Crippen molar-refractivity contribution in [2.75, 3.05) is 33.9 Å². The van der Waals surface area contributed by atoms with Crippen LogP contribution in [0.4, 0.5) is 0 Å². The Kier molecular flexibility index (Phi) is 8.22. The van der Waals surface area contributed by atoms with Gasteiger partial charge in [0, 0.05) is 40.5 Å². The summed E-state index contributed by atoms with van der Waals surface area (Å²) in [5.41, 5.74) is 2.83. The lowest BCUT2D eigenvalue weighted by Gasteiger charge is -2.42. The molecule has 1 aliphatic rings. The number of hydrogen-bond donors (Lipinski definition) is 2. The van der Waals surface area contributed by atoms with Gasteiger partial charge >= 0.3 is 0 Å². The Bertz CT molecular complexity index is 524. The number of guanidine groups is 1. The molecule has 1 saturated carbocycles. The fourth-order valence-corrected chi connectivity index (χ4v) is 3.16. The summed E-state index contributed by atoms with van der Waals surface area (Å²) in [4.78, 5) is 4.35. The first-order chi connectivity index (χ1) is 12.2. The van der Waals surface area contributed by atoms with Crippen LogP contribution in [0.25, 0.3) is 0 Å². The number of ether oxygens (including phenoxy) is 2. The SMILES string of the molecule is CCOCc1ccc(CNC(=NC)NCC2(CCOC)CCC2)cc1. The number of aliphatic imine (C=N–C) groups is 1. The number of hydrogen-bond acceptors (Lipinski definition) is 3. The molecule has 1 fully saturated rings. The maximum absolute atomic E-state index is 5.43. The van der Waals surface area contributed by atoms with Crippen molar-refractivity contribution in [1.29, 1.82) is 0 Å². The van der Waals surface area contributed by atoms with Crippen LogP contribution in [0.5, 0.6) is 0 Å². The van der Waals surface area contributed by atoms with Crippen molar-refractivity contribution in [3.05, 3.63) is 35.4 Å². The molecule has 5 heteroatoms. The molecular formula is C20H33N3O2. The summed E-state index contributed by atoms with van der Waals surface area (Å²) in [6.45, 7) is 6.00. The second-order valence-electron chi connectivity index (χ2n) is 6.83. The Balaban J connectivity index is 1.76. The second-order valence-corrected chi connectivity index (χ2v) is 6.83. The first kappa shape index (κ1) is 19.7. The van der Waals surface area contributed by atoms with Gasteiger partial charge in [0.2, 0.25) is 0 Å². The Morgan fingerprint density at radius 3 is 2.44 bits per heavy atom. The quantitative estimate of drug-likeness (QED) is 0.504. The van der Waals surface area contributed by atoms with E-state index in [1.807, 2.05) is 14.0 Å². The lowest BCUT2D eigenvalue weighted by Crippen LogP contribution is -2.46. The molecule has 1 aliphatic carbocycles. The fourth-order valence-electron chi connectivity index (χ4n) is 3.16. The van der Waals surface area contributed by atoms with Gasteiger partial charge in [0.1, 0.15) is 0 Å². The molecule has 0 unspecified atom stereocenters. The average molecular weight is 348 g/mol. The second kappa shape index (κ2) is 10.4. The molecule has 0 bridgehead atoms. The highest BCUT2D eigenvalue weighted by atomic mass is 16.5. The molecule has 1 aromatic carbocycles. The van der Waals surface area contributed by atoms with Crippen LogP contribution in [-0.2, 0) is 22.6 Å². The first-order valence-electron chi connectivity index (χ1n) is 9.30. The van der Waals surface area contributed by atoms with Gasteiger partial charge in [0.25, 0.3) is 0 Å². The van der Waals surface area contributed by atoms with E-state index in [-0.39, 0.29) is 0 Å². The van der Waals surface area contributed by atoms with Crippen molar-refractivity contribution in [1.82, 2.24) is 10.6 Å². The van der Waals surface area contributed by atoms with E-state index in [0.717, 1.165) is 38.7 Å². The number of nitrogens with one attached hydrogen (secondary N) is 2. The molecule has 0 radical (unpaired) electrons. The number of benzene rings is 1. The summed E-state index contributed by atoms with van der Waals surface area (Å²) in [5.74, 6) is 0.863. The highest BCUT2D eigenvalue weighted by Crippen LogP contribution is 2.43. The fraction of sp³-hybridized carbons (Fsp3) is 0.650. The zero-order valence-electron chi connectivity index (χ0n) is 15.9. The number of rotatable bonds is 10. The summed E-state index contributed by atoms with van der Waals surface area (Å²) in [5, 5.41) is 6.90. The zero-order valence-corrected chi connectivity index (χ0v) is 15.9. The van der Waals surface area contributed by atoms with E-state index in [4.69, 9.17) is 9.47 Å². The molecule has 0 aliphatic heterocycles. The predicted molar refractivity (Wildman–Crippen MR) is 103 cm³/mol. The third kappa shape index (κ3) is 6.33. The van der Waals surface area contributed by atoms with Crippen molar-refractivity contribution in [2.24, 2.45) is 10.4 Å². The van der Waals surface area contributed by atoms with Crippen LogP contribution in [0.2, 0.25) is 0 Å². The number of nitrogens with zero attached hydrogens (tertiary/aromatic N) is 1. The monoisotopic (exact) mass is 347 g/mol. The van der Waals surface area contributed by atoms with Crippen molar-refractivity contribution in [3.8, 4) is 0 Å². The molecule has 0 aromatic heterocycles. The Labute approximate surface area is 152 Å². The van der Waals surface area contributed by atoms with Crippen LogP contribution in [0.3, 0.4) is 0 Å². The molecular weight excluding hydrogens is 314 g/mol. The molecule has 1 aromatic rings. The summed E-state index contributed by atoms with van der Waals surface area (Å²) < 4.78 is 10.7. The van der Waals surface area contributed by atoms with Gasteiger partial charge in [-0.15, -0.1) is 0 Å². The molecule has 0 atom stereocenters. The third-order valence-electron chi connectivity index (χ3n) is 5.06. The van der Waals surface area contributed by atoms with Crippen LogP contribution < -0.4 is 10.6 Å². The van der Waals surface area contributed by atoms with E-state index < -0.39 is 0 Å². The summed E-state index contributed by atoms with van der Waals surface area (Å²) in [7, 11) is 3.60. The smallest absolute Gasteiger partial charge is 0.191 e. The van der Waals surface area contributed by atoms with E-state index in [1.165, 1.54) is 30.4 Å². The number of methoxy groups -OCH3 is 1. The van der Waals surface area contributed by atoms with Gasteiger partial charge in [-0.2, -0.15) is 0 Å². The summed E-state index contributed by atoms with van der Waals surface area (Å²) >= 11 is 0. The minimum Gasteiger partial charge on any atom is -0.385 e.